The van der Waals surface area contributed by atoms with Gasteiger partial charge in [-0.25, -0.2) is 4.79 Å². The molecule has 1 fully saturated rings. The highest BCUT2D eigenvalue weighted by Gasteiger charge is 2.27. The van der Waals surface area contributed by atoms with Gasteiger partial charge in [-0.3, -0.25) is 4.68 Å². The normalized spacial score (nSPS) is 18.2. The lowest BCUT2D eigenvalue weighted by Crippen LogP contribution is -2.38. The number of amides is 2. The molecular formula is C13H14Cl2N4OS. The van der Waals surface area contributed by atoms with Crippen molar-refractivity contribution in [2.75, 3.05) is 13.1 Å². The molecule has 0 radical (unpaired) electrons. The van der Waals surface area contributed by atoms with Gasteiger partial charge >= 0.3 is 6.03 Å². The number of nitrogens with zero attached hydrogens (tertiary/aromatic N) is 3. The molecule has 1 atom stereocenters. The molecule has 1 N–H and O–H groups in total. The molecule has 0 spiro atoms. The Morgan fingerprint density at radius 1 is 1.52 bits per heavy atom. The van der Waals surface area contributed by atoms with Crippen molar-refractivity contribution >= 4 is 40.6 Å². The van der Waals surface area contributed by atoms with Crippen LogP contribution < -0.4 is 5.32 Å². The first-order chi connectivity index (χ1) is 10.1. The van der Waals surface area contributed by atoms with Crippen LogP contribution in [0.1, 0.15) is 18.0 Å². The standard InChI is InChI=1S/C13H14Cl2N4OS/c14-11-6-9(12(15)21-11)7-16-13(20)18-5-2-10(8-18)19-4-1-3-17-19/h1,3-4,6,10H,2,5,7-8H2,(H,16,20). The fraction of sp³-hybridized carbons (Fsp3) is 0.385. The molecule has 1 aliphatic heterocycles. The lowest BCUT2D eigenvalue weighted by molar-refractivity contribution is 0.206. The van der Waals surface area contributed by atoms with Crippen molar-refractivity contribution in [2.45, 2.75) is 19.0 Å². The predicted octanol–water partition coefficient (Wildman–Crippen LogP) is 3.41. The summed E-state index contributed by atoms with van der Waals surface area (Å²) >= 11 is 13.2. The lowest BCUT2D eigenvalue weighted by Gasteiger charge is -2.17. The second kappa shape index (κ2) is 6.25. The van der Waals surface area contributed by atoms with E-state index >= 15 is 0 Å². The van der Waals surface area contributed by atoms with Crippen molar-refractivity contribution in [3.8, 4) is 0 Å². The van der Waals surface area contributed by atoms with Gasteiger partial charge in [-0.1, -0.05) is 23.2 Å². The van der Waals surface area contributed by atoms with Crippen molar-refractivity contribution in [2.24, 2.45) is 0 Å². The summed E-state index contributed by atoms with van der Waals surface area (Å²) in [6.45, 7) is 1.80. The Morgan fingerprint density at radius 2 is 2.38 bits per heavy atom. The number of aromatic nitrogens is 2. The fourth-order valence-corrected chi connectivity index (χ4v) is 3.90. The van der Waals surface area contributed by atoms with E-state index in [1.165, 1.54) is 11.3 Å². The highest BCUT2D eigenvalue weighted by molar-refractivity contribution is 7.20. The monoisotopic (exact) mass is 344 g/mol. The smallest absolute Gasteiger partial charge is 0.317 e. The molecule has 0 aromatic carbocycles. The molecule has 3 heterocycles. The summed E-state index contributed by atoms with van der Waals surface area (Å²) < 4.78 is 3.16. The van der Waals surface area contributed by atoms with E-state index < -0.39 is 0 Å². The Kier molecular flexibility index (Phi) is 4.37. The summed E-state index contributed by atoms with van der Waals surface area (Å²) in [4.78, 5) is 14.0. The van der Waals surface area contributed by atoms with E-state index in [-0.39, 0.29) is 12.1 Å². The molecule has 1 unspecified atom stereocenters. The van der Waals surface area contributed by atoms with Gasteiger partial charge in [0.2, 0.25) is 0 Å². The Hall–Kier alpha value is -1.24. The second-order valence-corrected chi connectivity index (χ2v) is 7.17. The Morgan fingerprint density at radius 3 is 3.05 bits per heavy atom. The lowest BCUT2D eigenvalue weighted by atomic mass is 10.3. The maximum Gasteiger partial charge on any atom is 0.317 e. The summed E-state index contributed by atoms with van der Waals surface area (Å²) in [6.07, 6.45) is 4.60. The number of thiophene rings is 1. The maximum atomic E-state index is 12.2. The average molecular weight is 345 g/mol. The minimum atomic E-state index is -0.0805. The topological polar surface area (TPSA) is 50.2 Å². The van der Waals surface area contributed by atoms with Crippen LogP contribution >= 0.6 is 34.5 Å². The molecule has 0 aliphatic carbocycles. The molecule has 0 bridgehead atoms. The first-order valence-corrected chi connectivity index (χ1v) is 8.16. The number of hydrogen-bond acceptors (Lipinski definition) is 3. The van der Waals surface area contributed by atoms with Gasteiger partial charge in [0.1, 0.15) is 0 Å². The zero-order chi connectivity index (χ0) is 14.8. The Labute approximate surface area is 136 Å². The number of rotatable bonds is 3. The predicted molar refractivity (Wildman–Crippen MR) is 84.0 cm³/mol. The molecule has 1 aliphatic rings. The van der Waals surface area contributed by atoms with E-state index in [9.17, 15) is 4.79 Å². The van der Waals surface area contributed by atoms with E-state index in [4.69, 9.17) is 23.2 Å². The molecule has 8 heteroatoms. The Bertz CT molecular complexity index is 628. The molecule has 1 saturated heterocycles. The van der Waals surface area contributed by atoms with Crippen LogP contribution in [0.15, 0.2) is 24.5 Å². The first-order valence-electron chi connectivity index (χ1n) is 6.59. The van der Waals surface area contributed by atoms with Gasteiger partial charge in [0.05, 0.1) is 14.7 Å². The van der Waals surface area contributed by atoms with E-state index in [1.807, 2.05) is 16.9 Å². The van der Waals surface area contributed by atoms with Crippen LogP contribution in [0.3, 0.4) is 0 Å². The zero-order valence-electron chi connectivity index (χ0n) is 11.1. The third-order valence-electron chi connectivity index (χ3n) is 3.51. The third-order valence-corrected chi connectivity index (χ3v) is 5.08. The van der Waals surface area contributed by atoms with E-state index in [0.717, 1.165) is 18.5 Å². The molecule has 0 saturated carbocycles. The molecule has 21 heavy (non-hydrogen) atoms. The van der Waals surface area contributed by atoms with E-state index in [2.05, 4.69) is 10.4 Å². The number of halogens is 2. The van der Waals surface area contributed by atoms with Crippen molar-refractivity contribution < 1.29 is 4.79 Å². The molecule has 2 aromatic rings. The number of urea groups is 1. The summed E-state index contributed by atoms with van der Waals surface area (Å²) in [5.74, 6) is 0. The number of likely N-dealkylation sites (tertiary alicyclic amines) is 1. The Balaban J connectivity index is 1.53. The van der Waals surface area contributed by atoms with Gasteiger partial charge < -0.3 is 10.2 Å². The van der Waals surface area contributed by atoms with E-state index in [0.29, 0.717) is 21.8 Å². The van der Waals surface area contributed by atoms with Crippen LogP contribution in [0.5, 0.6) is 0 Å². The van der Waals surface area contributed by atoms with Crippen LogP contribution in [0.25, 0.3) is 0 Å². The highest BCUT2D eigenvalue weighted by Crippen LogP contribution is 2.31. The SMILES string of the molecule is O=C(NCc1cc(Cl)sc1Cl)N1CCC(n2cccn2)C1. The van der Waals surface area contributed by atoms with Crippen molar-refractivity contribution in [3.05, 3.63) is 38.8 Å². The third kappa shape index (κ3) is 3.33. The summed E-state index contributed by atoms with van der Waals surface area (Å²) in [5.41, 5.74) is 0.850. The molecule has 2 amide bonds. The molecule has 3 rings (SSSR count). The highest BCUT2D eigenvalue weighted by atomic mass is 35.5. The van der Waals surface area contributed by atoms with Gasteiger partial charge in [0.25, 0.3) is 0 Å². The van der Waals surface area contributed by atoms with Crippen molar-refractivity contribution in [1.29, 1.82) is 0 Å². The minimum absolute atomic E-state index is 0.0805. The maximum absolute atomic E-state index is 12.2. The van der Waals surface area contributed by atoms with Crippen LogP contribution in [0.2, 0.25) is 8.67 Å². The molecular weight excluding hydrogens is 331 g/mol. The number of hydrogen-bond donors (Lipinski definition) is 1. The van der Waals surface area contributed by atoms with Gasteiger partial charge in [0.15, 0.2) is 0 Å². The first kappa shape index (κ1) is 14.7. The molecule has 112 valence electrons. The summed E-state index contributed by atoms with van der Waals surface area (Å²) in [6, 6.07) is 3.85. The van der Waals surface area contributed by atoms with Crippen molar-refractivity contribution in [3.63, 3.8) is 0 Å². The largest absolute Gasteiger partial charge is 0.334 e. The number of carbonyl (C=O) groups is 1. The summed E-state index contributed by atoms with van der Waals surface area (Å²) in [7, 11) is 0. The zero-order valence-corrected chi connectivity index (χ0v) is 13.5. The second-order valence-electron chi connectivity index (χ2n) is 4.88. The van der Waals surface area contributed by atoms with E-state index in [1.54, 1.807) is 17.2 Å². The quantitative estimate of drug-likeness (QED) is 0.927. The minimum Gasteiger partial charge on any atom is -0.334 e. The van der Waals surface area contributed by atoms with Crippen LogP contribution in [0, 0.1) is 0 Å². The fourth-order valence-electron chi connectivity index (χ4n) is 2.42. The molecule has 5 nitrogen and oxygen atoms in total. The van der Waals surface area contributed by atoms with Crippen LogP contribution in [-0.4, -0.2) is 33.8 Å². The summed E-state index contributed by atoms with van der Waals surface area (Å²) in [5, 5.41) is 7.11. The van der Waals surface area contributed by atoms with Gasteiger partial charge in [0, 0.05) is 37.6 Å². The van der Waals surface area contributed by atoms with Gasteiger partial charge in [-0.2, -0.15) is 5.10 Å². The van der Waals surface area contributed by atoms with Crippen LogP contribution in [-0.2, 0) is 6.54 Å². The number of carbonyl (C=O) groups excluding carboxylic acids is 1. The number of nitrogens with one attached hydrogen (secondary N) is 1. The average Bonchev–Trinajstić information content (AvgIpc) is 3.16. The van der Waals surface area contributed by atoms with Gasteiger partial charge in [-0.15, -0.1) is 11.3 Å². The van der Waals surface area contributed by atoms with Gasteiger partial charge in [-0.05, 0) is 18.6 Å². The van der Waals surface area contributed by atoms with Crippen LogP contribution in [0.4, 0.5) is 4.79 Å². The van der Waals surface area contributed by atoms with Crippen molar-refractivity contribution in [1.82, 2.24) is 20.0 Å². The molecule has 2 aromatic heterocycles.